The Bertz CT molecular complexity index is 1100. The highest BCUT2D eigenvalue weighted by Gasteiger charge is 2.41. The van der Waals surface area contributed by atoms with Gasteiger partial charge in [0.15, 0.2) is 0 Å². The molecular weight excluding hydrogens is 486 g/mol. The minimum Gasteiger partial charge on any atom is -0.495 e. The van der Waals surface area contributed by atoms with Crippen LogP contribution in [-0.2, 0) is 0 Å². The Morgan fingerprint density at radius 3 is 2.40 bits per heavy atom. The number of rotatable bonds is 8. The van der Waals surface area contributed by atoms with Gasteiger partial charge in [-0.1, -0.05) is 12.1 Å². The van der Waals surface area contributed by atoms with Crippen LogP contribution in [-0.4, -0.2) is 30.6 Å². The molecule has 0 aliphatic heterocycles. The number of carboxylic acids is 1. The van der Waals surface area contributed by atoms with Crippen molar-refractivity contribution in [3.63, 3.8) is 0 Å². The molecule has 0 aromatic heterocycles. The summed E-state index contributed by atoms with van der Waals surface area (Å²) in [6.45, 7) is 0. The van der Waals surface area contributed by atoms with Gasteiger partial charge in [0.2, 0.25) is 0 Å². The molecule has 4 N–H and O–H groups in total. The number of carbonyl (C=O) groups is 1. The fourth-order valence-electron chi connectivity index (χ4n) is 3.91. The van der Waals surface area contributed by atoms with Crippen LogP contribution in [0, 0.1) is 11.7 Å². The summed E-state index contributed by atoms with van der Waals surface area (Å²) in [5.41, 5.74) is 6.99. The van der Waals surface area contributed by atoms with E-state index in [9.17, 15) is 22.4 Å². The molecule has 35 heavy (non-hydrogen) atoms. The second-order valence-electron chi connectivity index (χ2n) is 8.05. The number of halogens is 4. The highest BCUT2D eigenvalue weighted by molar-refractivity contribution is 8.05. The number of aromatic carboxylic acids is 1. The summed E-state index contributed by atoms with van der Waals surface area (Å²) in [7, 11) is 1.33. The number of nitrogens with zero attached hydrogens (tertiary/aromatic N) is 1. The molecule has 0 heterocycles. The molecule has 1 saturated carbocycles. The molecule has 0 radical (unpaired) electrons. The Morgan fingerprint density at radius 1 is 1.20 bits per heavy atom. The number of hydrogen-bond donors (Lipinski definition) is 3. The van der Waals surface area contributed by atoms with Crippen molar-refractivity contribution >= 4 is 35.5 Å². The van der Waals surface area contributed by atoms with Gasteiger partial charge in [0.25, 0.3) is 0 Å². The molecule has 0 atom stereocenters. The maximum absolute atomic E-state index is 14.0. The number of benzene rings is 2. The van der Waals surface area contributed by atoms with E-state index in [4.69, 9.17) is 15.6 Å². The molecule has 3 rings (SSSR count). The molecule has 11 heteroatoms. The summed E-state index contributed by atoms with van der Waals surface area (Å²) >= 11 is 1.03. The van der Waals surface area contributed by atoms with E-state index in [2.05, 4.69) is 9.71 Å². The van der Waals surface area contributed by atoms with Gasteiger partial charge in [-0.25, -0.2) is 9.18 Å². The average Bonchev–Trinajstić information content (AvgIpc) is 2.84. The van der Waals surface area contributed by atoms with Gasteiger partial charge in [0.05, 0.1) is 34.9 Å². The lowest BCUT2D eigenvalue weighted by molar-refractivity contribution is -0.182. The van der Waals surface area contributed by atoms with Crippen LogP contribution in [0.1, 0.15) is 47.5 Å². The van der Waals surface area contributed by atoms with Gasteiger partial charge < -0.3 is 20.3 Å². The van der Waals surface area contributed by atoms with E-state index in [1.807, 2.05) is 12.1 Å². The van der Waals surface area contributed by atoms with Crippen LogP contribution in [0.15, 0.2) is 52.5 Å². The molecular formula is C24H25F4N3O3S. The number of methoxy groups -OCH3 is 1. The highest BCUT2D eigenvalue weighted by atomic mass is 32.2. The molecule has 188 valence electrons. The van der Waals surface area contributed by atoms with E-state index in [-0.39, 0.29) is 30.2 Å². The number of anilines is 1. The number of alkyl halides is 3. The lowest BCUT2D eigenvalue weighted by atomic mass is 9.78. The van der Waals surface area contributed by atoms with Gasteiger partial charge in [-0.3, -0.25) is 4.99 Å². The number of nitrogens with two attached hydrogens (primary N) is 1. The first-order valence-corrected chi connectivity index (χ1v) is 11.6. The largest absolute Gasteiger partial charge is 0.495 e. The first-order chi connectivity index (χ1) is 16.6. The molecule has 1 aliphatic rings. The summed E-state index contributed by atoms with van der Waals surface area (Å²) in [5, 5.41) is 9.04. The summed E-state index contributed by atoms with van der Waals surface area (Å²) in [5.74, 6) is -3.28. The zero-order chi connectivity index (χ0) is 25.6. The summed E-state index contributed by atoms with van der Waals surface area (Å²) in [6, 6.07) is 9.42. The van der Waals surface area contributed by atoms with Crippen LogP contribution in [0.25, 0.3) is 0 Å². The molecule has 0 bridgehead atoms. The zero-order valence-electron chi connectivity index (χ0n) is 18.8. The van der Waals surface area contributed by atoms with E-state index in [0.717, 1.165) is 29.6 Å². The number of hydrogen-bond acceptors (Lipinski definition) is 6. The molecule has 0 saturated heterocycles. The van der Waals surface area contributed by atoms with Crippen LogP contribution in [0.4, 0.5) is 28.9 Å². The molecule has 1 aliphatic carbocycles. The van der Waals surface area contributed by atoms with Crippen LogP contribution in [0.5, 0.6) is 5.75 Å². The fraction of sp³-hybridized carbons (Fsp3) is 0.333. The predicted octanol–water partition coefficient (Wildman–Crippen LogP) is 6.63. The Labute approximate surface area is 204 Å². The molecule has 6 nitrogen and oxygen atoms in total. The van der Waals surface area contributed by atoms with E-state index in [0.29, 0.717) is 23.4 Å². The quantitative estimate of drug-likeness (QED) is 0.209. The molecule has 0 amide bonds. The van der Waals surface area contributed by atoms with Crippen molar-refractivity contribution in [1.82, 2.24) is 0 Å². The summed E-state index contributed by atoms with van der Waals surface area (Å²) < 4.78 is 60.6. The van der Waals surface area contributed by atoms with Gasteiger partial charge in [0, 0.05) is 18.5 Å². The monoisotopic (exact) mass is 511 g/mol. The lowest BCUT2D eigenvalue weighted by Gasteiger charge is -2.30. The smallest absolute Gasteiger partial charge is 0.391 e. The standard InChI is InChI=1S/C24H25F4N3O3S/c1-34-22-10-19(23(32)33)20(25)11-21(22)31-35-18(12-29)13-30-17-8-4-15(5-9-17)14-2-6-16(7-3-14)24(26,27)28/h4-5,8-14,16,31H,2-3,6-7,29H2,1H3,(H,32,33). The van der Waals surface area contributed by atoms with E-state index in [1.165, 1.54) is 19.5 Å². The molecule has 2 aromatic rings. The Balaban J connectivity index is 1.59. The van der Waals surface area contributed by atoms with Crippen LogP contribution in [0.3, 0.4) is 0 Å². The van der Waals surface area contributed by atoms with Crippen molar-refractivity contribution in [3.05, 3.63) is 64.4 Å². The van der Waals surface area contributed by atoms with E-state index < -0.39 is 29.4 Å². The molecule has 2 aromatic carbocycles. The van der Waals surface area contributed by atoms with E-state index in [1.54, 1.807) is 12.1 Å². The van der Waals surface area contributed by atoms with E-state index >= 15 is 0 Å². The molecule has 1 fully saturated rings. The maximum Gasteiger partial charge on any atom is 0.391 e. The van der Waals surface area contributed by atoms with Crippen LogP contribution in [0.2, 0.25) is 0 Å². The third-order valence-electron chi connectivity index (χ3n) is 5.86. The van der Waals surface area contributed by atoms with Crippen molar-refractivity contribution in [2.75, 3.05) is 11.8 Å². The van der Waals surface area contributed by atoms with Gasteiger partial charge in [-0.2, -0.15) is 13.2 Å². The summed E-state index contributed by atoms with van der Waals surface area (Å²) in [4.78, 5) is 15.9. The predicted molar refractivity (Wildman–Crippen MR) is 129 cm³/mol. The van der Waals surface area contributed by atoms with Gasteiger partial charge >= 0.3 is 12.1 Å². The minimum atomic E-state index is -4.12. The minimum absolute atomic E-state index is 0.105. The Morgan fingerprint density at radius 2 is 1.86 bits per heavy atom. The molecule has 0 spiro atoms. The lowest BCUT2D eigenvalue weighted by Crippen LogP contribution is -2.27. The van der Waals surface area contributed by atoms with Crippen molar-refractivity contribution in [2.24, 2.45) is 16.6 Å². The third kappa shape index (κ3) is 6.91. The van der Waals surface area contributed by atoms with Crippen LogP contribution < -0.4 is 15.2 Å². The first-order valence-electron chi connectivity index (χ1n) is 10.8. The number of aliphatic imine (C=N–C) groups is 1. The topological polar surface area (TPSA) is 96.9 Å². The zero-order valence-corrected chi connectivity index (χ0v) is 19.6. The number of ether oxygens (including phenoxy) is 1. The second-order valence-corrected chi connectivity index (χ2v) is 8.93. The van der Waals surface area contributed by atoms with Crippen molar-refractivity contribution in [1.29, 1.82) is 0 Å². The van der Waals surface area contributed by atoms with Gasteiger partial charge in [-0.05, 0) is 67.3 Å². The highest BCUT2D eigenvalue weighted by Crippen LogP contribution is 2.43. The SMILES string of the molecule is COc1cc(C(=O)O)c(F)cc1NSC(C=Nc1ccc(C2CCC(C(F)(F)F)CC2)cc1)=CN. The first kappa shape index (κ1) is 26.4. The van der Waals surface area contributed by atoms with Gasteiger partial charge in [0.1, 0.15) is 11.6 Å². The third-order valence-corrected chi connectivity index (χ3v) is 6.66. The Kier molecular flexibility index (Phi) is 8.66. The fourth-order valence-corrected chi connectivity index (χ4v) is 4.47. The average molecular weight is 512 g/mol. The van der Waals surface area contributed by atoms with Crippen molar-refractivity contribution < 1.29 is 32.2 Å². The second kappa shape index (κ2) is 11.5. The maximum atomic E-state index is 14.0. The molecule has 0 unspecified atom stereocenters. The number of carboxylic acid groups (broad SMARTS) is 1. The van der Waals surface area contributed by atoms with Crippen molar-refractivity contribution in [3.8, 4) is 5.75 Å². The Hall–Kier alpha value is -3.21. The van der Waals surface area contributed by atoms with Crippen molar-refractivity contribution in [2.45, 2.75) is 37.8 Å². The van der Waals surface area contributed by atoms with Gasteiger partial charge in [-0.15, -0.1) is 0 Å². The summed E-state index contributed by atoms with van der Waals surface area (Å²) in [6.07, 6.45) is -0.0166. The number of nitrogens with one attached hydrogen (secondary N) is 1. The normalized spacial score (nSPS) is 19.1. The number of allylic oxidation sites excluding steroid dienone is 1. The van der Waals surface area contributed by atoms with Crippen LogP contribution >= 0.6 is 11.9 Å².